The lowest BCUT2D eigenvalue weighted by Crippen LogP contribution is -2.15. The highest BCUT2D eigenvalue weighted by molar-refractivity contribution is 9.11. The van der Waals surface area contributed by atoms with Crippen LogP contribution in [0.2, 0.25) is 0 Å². The van der Waals surface area contributed by atoms with Gasteiger partial charge in [0, 0.05) is 20.0 Å². The van der Waals surface area contributed by atoms with Crippen molar-refractivity contribution in [3.8, 4) is 0 Å². The summed E-state index contributed by atoms with van der Waals surface area (Å²) >= 11 is 7.16. The monoisotopic (exact) mass is 369 g/mol. The minimum atomic E-state index is 0.970. The summed E-state index contributed by atoms with van der Waals surface area (Å²) in [5.74, 6) is 5.75. The van der Waals surface area contributed by atoms with Gasteiger partial charge in [-0.2, -0.15) is 0 Å². The fraction of sp³-hybridized carbons (Fsp3) is 0.308. The molecular formula is C13H13Br2N3. The summed E-state index contributed by atoms with van der Waals surface area (Å²) in [6.07, 6.45) is 4.51. The molecule has 3 rings (SSSR count). The van der Waals surface area contributed by atoms with Gasteiger partial charge in [0.05, 0.1) is 11.2 Å². The number of aryl methyl sites for hydroxylation is 1. The van der Waals surface area contributed by atoms with Crippen molar-refractivity contribution in [3.05, 3.63) is 32.3 Å². The molecule has 1 aliphatic rings. The molecule has 1 aliphatic carbocycles. The molecule has 0 atom stereocenters. The Hall–Kier alpha value is -0.650. The van der Waals surface area contributed by atoms with Gasteiger partial charge in [0.25, 0.3) is 0 Å². The molecule has 0 unspecified atom stereocenters. The zero-order valence-corrected chi connectivity index (χ0v) is 12.9. The van der Waals surface area contributed by atoms with Crippen LogP contribution in [-0.2, 0) is 12.8 Å². The Morgan fingerprint density at radius 1 is 1.11 bits per heavy atom. The predicted octanol–water partition coefficient (Wildman–Crippen LogP) is 3.92. The van der Waals surface area contributed by atoms with Crippen LogP contribution in [0.1, 0.15) is 24.1 Å². The Morgan fingerprint density at radius 2 is 1.83 bits per heavy atom. The van der Waals surface area contributed by atoms with Gasteiger partial charge < -0.3 is 5.43 Å². The molecule has 94 valence electrons. The summed E-state index contributed by atoms with van der Waals surface area (Å²) in [6.45, 7) is 0. The van der Waals surface area contributed by atoms with Crippen LogP contribution < -0.4 is 11.3 Å². The van der Waals surface area contributed by atoms with Crippen molar-refractivity contribution in [1.29, 1.82) is 0 Å². The van der Waals surface area contributed by atoms with Crippen LogP contribution in [0.3, 0.4) is 0 Å². The van der Waals surface area contributed by atoms with Gasteiger partial charge >= 0.3 is 0 Å². The van der Waals surface area contributed by atoms with E-state index in [-0.39, 0.29) is 0 Å². The van der Waals surface area contributed by atoms with Gasteiger partial charge in [-0.15, -0.1) is 0 Å². The number of rotatable bonds is 1. The smallest absolute Gasteiger partial charge is 0.0880 e. The minimum absolute atomic E-state index is 0.970. The average Bonchev–Trinajstić information content (AvgIpc) is 2.41. The van der Waals surface area contributed by atoms with Crippen molar-refractivity contribution in [1.82, 2.24) is 4.98 Å². The van der Waals surface area contributed by atoms with E-state index in [0.29, 0.717) is 0 Å². The lowest BCUT2D eigenvalue weighted by atomic mass is 9.93. The maximum atomic E-state index is 5.75. The Bertz CT molecular complexity index is 625. The molecule has 0 spiro atoms. The van der Waals surface area contributed by atoms with Gasteiger partial charge in [-0.25, -0.2) is 0 Å². The summed E-state index contributed by atoms with van der Waals surface area (Å²) in [4.78, 5) is 4.81. The minimum Gasteiger partial charge on any atom is -0.323 e. The van der Waals surface area contributed by atoms with Crippen molar-refractivity contribution in [2.45, 2.75) is 25.7 Å². The van der Waals surface area contributed by atoms with E-state index in [1.807, 2.05) is 12.1 Å². The van der Waals surface area contributed by atoms with Crippen molar-refractivity contribution in [2.24, 2.45) is 5.84 Å². The number of hydrazine groups is 1. The van der Waals surface area contributed by atoms with E-state index < -0.39 is 0 Å². The molecule has 2 aromatic rings. The van der Waals surface area contributed by atoms with Gasteiger partial charge in [0.15, 0.2) is 0 Å². The number of fused-ring (bicyclic) bond motifs is 2. The second-order valence-corrected chi connectivity index (χ2v) is 6.22. The number of nitrogens with one attached hydrogen (secondary N) is 1. The van der Waals surface area contributed by atoms with Crippen molar-refractivity contribution >= 4 is 48.5 Å². The first kappa shape index (κ1) is 12.4. The summed E-state index contributed by atoms with van der Waals surface area (Å²) in [5.41, 5.74) is 7.32. The molecule has 0 amide bonds. The first-order chi connectivity index (χ1) is 8.72. The van der Waals surface area contributed by atoms with Crippen molar-refractivity contribution < 1.29 is 0 Å². The molecule has 3 N–H and O–H groups in total. The first-order valence-electron chi connectivity index (χ1n) is 5.98. The third-order valence-electron chi connectivity index (χ3n) is 3.46. The number of aromatic nitrogens is 1. The van der Waals surface area contributed by atoms with E-state index in [9.17, 15) is 0 Å². The van der Waals surface area contributed by atoms with E-state index in [4.69, 9.17) is 10.8 Å². The number of hydrogen-bond acceptors (Lipinski definition) is 3. The van der Waals surface area contributed by atoms with Gasteiger partial charge in [-0.1, -0.05) is 15.9 Å². The van der Waals surface area contributed by atoms with E-state index in [1.165, 1.54) is 24.1 Å². The van der Waals surface area contributed by atoms with Crippen LogP contribution >= 0.6 is 31.9 Å². The number of hydrogen-bond donors (Lipinski definition) is 2. The number of pyridine rings is 1. The van der Waals surface area contributed by atoms with Crippen LogP contribution in [0, 0.1) is 0 Å². The summed E-state index contributed by atoms with van der Waals surface area (Å²) < 4.78 is 2.03. The fourth-order valence-electron chi connectivity index (χ4n) is 2.62. The molecule has 1 aromatic carbocycles. The topological polar surface area (TPSA) is 50.9 Å². The fourth-order valence-corrected chi connectivity index (χ4v) is 3.55. The third-order valence-corrected chi connectivity index (χ3v) is 4.76. The molecule has 18 heavy (non-hydrogen) atoms. The van der Waals surface area contributed by atoms with E-state index in [1.54, 1.807) is 0 Å². The second-order valence-electron chi connectivity index (χ2n) is 4.52. The number of nitrogens with zero attached hydrogens (tertiary/aromatic N) is 1. The number of anilines is 1. The maximum absolute atomic E-state index is 5.75. The molecule has 0 aliphatic heterocycles. The molecule has 3 nitrogen and oxygen atoms in total. The van der Waals surface area contributed by atoms with Crippen LogP contribution in [0.15, 0.2) is 21.1 Å². The number of nitrogen functional groups attached to an aromatic ring is 1. The molecule has 0 saturated heterocycles. The molecule has 0 fully saturated rings. The van der Waals surface area contributed by atoms with E-state index in [0.717, 1.165) is 38.4 Å². The molecule has 5 heteroatoms. The molecule has 0 bridgehead atoms. The van der Waals surface area contributed by atoms with Crippen LogP contribution in [0.4, 0.5) is 5.69 Å². The Morgan fingerprint density at radius 3 is 2.61 bits per heavy atom. The van der Waals surface area contributed by atoms with E-state index in [2.05, 4.69) is 37.3 Å². The maximum Gasteiger partial charge on any atom is 0.0880 e. The summed E-state index contributed by atoms with van der Waals surface area (Å²) in [5, 5.41) is 1.06. The van der Waals surface area contributed by atoms with Gasteiger partial charge in [-0.3, -0.25) is 10.8 Å². The van der Waals surface area contributed by atoms with Crippen molar-refractivity contribution in [2.75, 3.05) is 5.43 Å². The molecule has 0 saturated carbocycles. The zero-order valence-electron chi connectivity index (χ0n) is 9.76. The lowest BCUT2D eigenvalue weighted by Gasteiger charge is -2.21. The van der Waals surface area contributed by atoms with Gasteiger partial charge in [0.1, 0.15) is 0 Å². The van der Waals surface area contributed by atoms with Crippen molar-refractivity contribution in [3.63, 3.8) is 0 Å². The Labute approximate surface area is 122 Å². The second kappa shape index (κ2) is 4.79. The summed E-state index contributed by atoms with van der Waals surface area (Å²) in [6, 6.07) is 4.03. The number of halogens is 2. The largest absolute Gasteiger partial charge is 0.323 e. The zero-order chi connectivity index (χ0) is 12.7. The number of benzene rings is 1. The SMILES string of the molecule is NNc1c2c(nc3c(Br)ccc(Br)c13)CCCC2. The Kier molecular flexibility index (Phi) is 3.30. The molecule has 1 heterocycles. The summed E-state index contributed by atoms with van der Waals surface area (Å²) in [7, 11) is 0. The third kappa shape index (κ3) is 1.85. The van der Waals surface area contributed by atoms with E-state index >= 15 is 0 Å². The first-order valence-corrected chi connectivity index (χ1v) is 7.57. The van der Waals surface area contributed by atoms with Gasteiger partial charge in [-0.05, 0) is 59.3 Å². The molecular weight excluding hydrogens is 358 g/mol. The highest BCUT2D eigenvalue weighted by Crippen LogP contribution is 2.39. The average molecular weight is 371 g/mol. The highest BCUT2D eigenvalue weighted by Gasteiger charge is 2.20. The standard InChI is InChI=1S/C13H13Br2N3/c14-8-5-6-9(15)13-11(8)12(18-16)7-3-1-2-4-10(7)17-13/h5-6H,1-4,16H2,(H,17,18). The molecule has 1 aromatic heterocycles. The predicted molar refractivity (Wildman–Crippen MR) is 81.6 cm³/mol. The quantitative estimate of drug-likeness (QED) is 0.590. The highest BCUT2D eigenvalue weighted by atomic mass is 79.9. The number of nitrogens with two attached hydrogens (primary N) is 1. The lowest BCUT2D eigenvalue weighted by molar-refractivity contribution is 0.672. The van der Waals surface area contributed by atoms with Gasteiger partial charge in [0.2, 0.25) is 0 Å². The Balaban J connectivity index is 2.44. The molecule has 0 radical (unpaired) electrons. The van der Waals surface area contributed by atoms with Crippen LogP contribution in [0.5, 0.6) is 0 Å². The van der Waals surface area contributed by atoms with Crippen LogP contribution in [0.25, 0.3) is 10.9 Å². The normalized spacial score (nSPS) is 14.6. The van der Waals surface area contributed by atoms with Crippen LogP contribution in [-0.4, -0.2) is 4.98 Å².